The van der Waals surface area contributed by atoms with Crippen molar-refractivity contribution in [2.75, 3.05) is 5.73 Å². The molecule has 2 aromatic carbocycles. The second-order valence-corrected chi connectivity index (χ2v) is 4.81. The molecule has 0 amide bonds. The molecule has 0 aromatic heterocycles. The highest BCUT2D eigenvalue weighted by atomic mass is 35.5. The first-order chi connectivity index (χ1) is 8.49. The van der Waals surface area contributed by atoms with Crippen LogP contribution in [-0.4, -0.2) is 5.78 Å². The lowest BCUT2D eigenvalue weighted by molar-refractivity contribution is 0.101. The number of Topliss-reactive ketones (excluding diaryl/α,β-unsaturated/α-hetero) is 1. The molecule has 92 valence electrons. The molecule has 4 heteroatoms. The maximum atomic E-state index is 11.4. The van der Waals surface area contributed by atoms with Gasteiger partial charge < -0.3 is 5.73 Å². The smallest absolute Gasteiger partial charge is 0.159 e. The summed E-state index contributed by atoms with van der Waals surface area (Å²) in [6, 6.07) is 10.5. The van der Waals surface area contributed by atoms with Crippen molar-refractivity contribution >= 4 is 34.7 Å². The van der Waals surface area contributed by atoms with E-state index in [1.54, 1.807) is 30.3 Å². The number of hydrogen-bond acceptors (Lipinski definition) is 2. The third-order valence-corrected chi connectivity index (χ3v) is 3.22. The van der Waals surface area contributed by atoms with E-state index in [0.717, 1.165) is 5.56 Å². The Morgan fingerprint density at radius 1 is 1.11 bits per heavy atom. The summed E-state index contributed by atoms with van der Waals surface area (Å²) in [5.74, 6) is -0.000426. The quantitative estimate of drug-likeness (QED) is 0.652. The Labute approximate surface area is 115 Å². The highest BCUT2D eigenvalue weighted by Crippen LogP contribution is 2.36. The zero-order valence-corrected chi connectivity index (χ0v) is 11.2. The van der Waals surface area contributed by atoms with Crippen molar-refractivity contribution in [3.05, 3.63) is 52.0 Å². The lowest BCUT2D eigenvalue weighted by Gasteiger charge is -2.09. The second kappa shape index (κ2) is 5.01. The van der Waals surface area contributed by atoms with Gasteiger partial charge in [-0.3, -0.25) is 4.79 Å². The van der Waals surface area contributed by atoms with Crippen LogP contribution in [0.15, 0.2) is 36.4 Å². The monoisotopic (exact) mass is 279 g/mol. The minimum atomic E-state index is -0.000426. The zero-order valence-electron chi connectivity index (χ0n) is 9.71. The van der Waals surface area contributed by atoms with Gasteiger partial charge in [0.1, 0.15) is 0 Å². The molecular weight excluding hydrogens is 269 g/mol. The van der Waals surface area contributed by atoms with Gasteiger partial charge in [-0.1, -0.05) is 41.4 Å². The van der Waals surface area contributed by atoms with Crippen molar-refractivity contribution in [2.24, 2.45) is 0 Å². The van der Waals surface area contributed by atoms with E-state index in [9.17, 15) is 4.79 Å². The number of ketones is 1. The second-order valence-electron chi connectivity index (χ2n) is 4.00. The summed E-state index contributed by atoms with van der Waals surface area (Å²) in [6.45, 7) is 1.52. The van der Waals surface area contributed by atoms with Crippen LogP contribution in [0.4, 0.5) is 5.69 Å². The molecule has 0 saturated carbocycles. The fourth-order valence-electron chi connectivity index (χ4n) is 1.76. The molecule has 2 N–H and O–H groups in total. The average molecular weight is 280 g/mol. The Kier molecular flexibility index (Phi) is 3.60. The fourth-order valence-corrected chi connectivity index (χ4v) is 2.48. The summed E-state index contributed by atoms with van der Waals surface area (Å²) in [7, 11) is 0. The van der Waals surface area contributed by atoms with Crippen LogP contribution < -0.4 is 5.73 Å². The molecule has 0 unspecified atom stereocenters. The standard InChI is InChI=1S/C14H11Cl2NO/c1-8(18)9-3-2-4-10(5-9)14-12(15)6-11(17)7-13(14)16/h2-7H,17H2,1H3. The van der Waals surface area contributed by atoms with Crippen LogP contribution in [0.5, 0.6) is 0 Å². The van der Waals surface area contributed by atoms with E-state index in [1.165, 1.54) is 6.92 Å². The highest BCUT2D eigenvalue weighted by molar-refractivity contribution is 6.39. The van der Waals surface area contributed by atoms with Crippen molar-refractivity contribution in [2.45, 2.75) is 6.92 Å². The number of nitrogen functional groups attached to an aromatic ring is 1. The molecule has 18 heavy (non-hydrogen) atoms. The lowest BCUT2D eigenvalue weighted by atomic mass is 10.0. The number of hydrogen-bond donors (Lipinski definition) is 1. The largest absolute Gasteiger partial charge is 0.399 e. The van der Waals surface area contributed by atoms with Crippen molar-refractivity contribution < 1.29 is 4.79 Å². The van der Waals surface area contributed by atoms with Crippen LogP contribution in [0, 0.1) is 0 Å². The molecule has 0 heterocycles. The van der Waals surface area contributed by atoms with Crippen LogP contribution >= 0.6 is 23.2 Å². The maximum absolute atomic E-state index is 11.4. The number of carbonyl (C=O) groups excluding carboxylic acids is 1. The zero-order chi connectivity index (χ0) is 13.3. The van der Waals surface area contributed by atoms with E-state index in [-0.39, 0.29) is 5.78 Å². The summed E-state index contributed by atoms with van der Waals surface area (Å²) in [5, 5.41) is 0.946. The number of nitrogens with two attached hydrogens (primary N) is 1. The van der Waals surface area contributed by atoms with Gasteiger partial charge in [-0.2, -0.15) is 0 Å². The summed E-state index contributed by atoms with van der Waals surface area (Å²) >= 11 is 12.3. The Balaban J connectivity index is 2.62. The van der Waals surface area contributed by atoms with Gasteiger partial charge in [-0.05, 0) is 30.7 Å². The van der Waals surface area contributed by atoms with Gasteiger partial charge in [0.15, 0.2) is 5.78 Å². The van der Waals surface area contributed by atoms with Crippen LogP contribution in [0.1, 0.15) is 17.3 Å². The molecule has 2 nitrogen and oxygen atoms in total. The number of benzene rings is 2. The number of halogens is 2. The Morgan fingerprint density at radius 2 is 1.72 bits per heavy atom. The van der Waals surface area contributed by atoms with E-state index in [1.807, 2.05) is 6.07 Å². The molecule has 2 rings (SSSR count). The first-order valence-corrected chi connectivity index (χ1v) is 6.10. The van der Waals surface area contributed by atoms with Gasteiger partial charge in [-0.15, -0.1) is 0 Å². The minimum absolute atomic E-state index is 0.000426. The van der Waals surface area contributed by atoms with Crippen LogP contribution in [-0.2, 0) is 0 Å². The fraction of sp³-hybridized carbons (Fsp3) is 0.0714. The third kappa shape index (κ3) is 2.50. The third-order valence-electron chi connectivity index (χ3n) is 2.62. The molecule has 0 saturated heterocycles. The van der Waals surface area contributed by atoms with E-state index in [4.69, 9.17) is 28.9 Å². The molecule has 0 bridgehead atoms. The summed E-state index contributed by atoms with van der Waals surface area (Å²) < 4.78 is 0. The average Bonchev–Trinajstić information content (AvgIpc) is 2.28. The van der Waals surface area contributed by atoms with Gasteiger partial charge >= 0.3 is 0 Å². The number of rotatable bonds is 2. The first kappa shape index (κ1) is 12.9. The normalized spacial score (nSPS) is 10.4. The molecule has 0 aliphatic heterocycles. The van der Waals surface area contributed by atoms with Crippen LogP contribution in [0.25, 0.3) is 11.1 Å². The maximum Gasteiger partial charge on any atom is 0.159 e. The highest BCUT2D eigenvalue weighted by Gasteiger charge is 2.11. The molecule has 0 aliphatic rings. The Bertz CT molecular complexity index is 600. The van der Waals surface area contributed by atoms with Crippen molar-refractivity contribution in [3.8, 4) is 11.1 Å². The Morgan fingerprint density at radius 3 is 2.28 bits per heavy atom. The van der Waals surface area contributed by atoms with E-state index in [2.05, 4.69) is 0 Å². The van der Waals surface area contributed by atoms with Gasteiger partial charge in [0.25, 0.3) is 0 Å². The molecule has 0 atom stereocenters. The summed E-state index contributed by atoms with van der Waals surface area (Å²) in [5.41, 5.74) is 8.29. The predicted octanol–water partition coefficient (Wildman–Crippen LogP) is 4.45. The van der Waals surface area contributed by atoms with E-state index in [0.29, 0.717) is 26.9 Å². The van der Waals surface area contributed by atoms with Crippen molar-refractivity contribution in [3.63, 3.8) is 0 Å². The molecule has 0 radical (unpaired) electrons. The van der Waals surface area contributed by atoms with Crippen LogP contribution in [0.3, 0.4) is 0 Å². The molecule has 2 aromatic rings. The number of carbonyl (C=O) groups is 1. The van der Waals surface area contributed by atoms with Gasteiger partial charge in [-0.25, -0.2) is 0 Å². The van der Waals surface area contributed by atoms with Crippen molar-refractivity contribution in [1.29, 1.82) is 0 Å². The lowest BCUT2D eigenvalue weighted by Crippen LogP contribution is -1.93. The Hall–Kier alpha value is -1.51. The predicted molar refractivity (Wildman–Crippen MR) is 76.3 cm³/mol. The first-order valence-electron chi connectivity index (χ1n) is 5.35. The molecule has 0 spiro atoms. The molecule has 0 fully saturated rings. The van der Waals surface area contributed by atoms with Gasteiger partial charge in [0, 0.05) is 16.8 Å². The topological polar surface area (TPSA) is 43.1 Å². The summed E-state index contributed by atoms with van der Waals surface area (Å²) in [6.07, 6.45) is 0. The minimum Gasteiger partial charge on any atom is -0.399 e. The summed E-state index contributed by atoms with van der Waals surface area (Å²) in [4.78, 5) is 11.4. The number of anilines is 1. The molecule has 0 aliphatic carbocycles. The van der Waals surface area contributed by atoms with Crippen molar-refractivity contribution in [1.82, 2.24) is 0 Å². The van der Waals surface area contributed by atoms with Gasteiger partial charge in [0.05, 0.1) is 10.0 Å². The van der Waals surface area contributed by atoms with Gasteiger partial charge in [0.2, 0.25) is 0 Å². The van der Waals surface area contributed by atoms with E-state index >= 15 is 0 Å². The molecular formula is C14H11Cl2NO. The SMILES string of the molecule is CC(=O)c1cccc(-c2c(Cl)cc(N)cc2Cl)c1. The van der Waals surface area contributed by atoms with Crippen LogP contribution in [0.2, 0.25) is 10.0 Å². The van der Waals surface area contributed by atoms with E-state index < -0.39 is 0 Å².